The highest BCUT2D eigenvalue weighted by Gasteiger charge is 2.32. The van der Waals surface area contributed by atoms with Crippen LogP contribution < -0.4 is 4.74 Å². The Balaban J connectivity index is 1.16. The highest BCUT2D eigenvalue weighted by Crippen LogP contribution is 2.43. The van der Waals surface area contributed by atoms with Crippen LogP contribution in [0.1, 0.15) is 122 Å². The lowest BCUT2D eigenvalue weighted by atomic mass is 9.75. The monoisotopic (exact) mass is 658 g/mol. The lowest BCUT2D eigenvalue weighted by molar-refractivity contribution is 0.0188. The molecule has 0 radical (unpaired) electrons. The van der Waals surface area contributed by atoms with Crippen molar-refractivity contribution in [3.05, 3.63) is 111 Å². The predicted octanol–water partition coefficient (Wildman–Crippen LogP) is 10.8. The fraction of sp³-hybridized carbons (Fsp3) is 0.447. The maximum atomic E-state index is 15.3. The van der Waals surface area contributed by atoms with Gasteiger partial charge in [0, 0.05) is 0 Å². The summed E-state index contributed by atoms with van der Waals surface area (Å²) in [5.74, 6) is -8.01. The molecule has 2 aliphatic rings. The van der Waals surface area contributed by atoms with Crippen molar-refractivity contribution in [3.63, 3.8) is 0 Å². The molecule has 0 spiro atoms. The molecule has 2 saturated carbocycles. The number of carbonyl (C=O) groups excluding carboxylic acids is 1. The minimum atomic E-state index is -1.28. The molecule has 3 aromatic carbocycles. The number of rotatable bonds is 10. The zero-order valence-corrected chi connectivity index (χ0v) is 26.7. The Kier molecular flexibility index (Phi) is 11.4. The number of esters is 1. The summed E-state index contributed by atoms with van der Waals surface area (Å²) in [7, 11) is 0. The van der Waals surface area contributed by atoms with Gasteiger partial charge in [0.15, 0.2) is 34.8 Å². The minimum absolute atomic E-state index is 0.137. The van der Waals surface area contributed by atoms with Crippen molar-refractivity contribution in [1.29, 1.82) is 0 Å². The third-order valence-corrected chi connectivity index (χ3v) is 9.71. The first kappa shape index (κ1) is 34.6. The van der Waals surface area contributed by atoms with Crippen molar-refractivity contribution in [2.24, 2.45) is 0 Å². The quantitative estimate of drug-likeness (QED) is 0.124. The SMILES string of the molecule is CC=CCCc1ccc(C2CCC(OC(=O)c3ccc(C4CCC(c5ccc(OCC)c(F)c5F)CC4)c(F)c3F)CC2)c(F)c1F. The molecule has 0 bridgehead atoms. The first-order valence-electron chi connectivity index (χ1n) is 16.5. The third kappa shape index (κ3) is 7.54. The van der Waals surface area contributed by atoms with Crippen molar-refractivity contribution in [2.75, 3.05) is 6.61 Å². The van der Waals surface area contributed by atoms with Crippen LogP contribution in [0, 0.1) is 34.9 Å². The number of allylic oxidation sites excluding steroid dienone is 2. The normalized spacial score (nSPS) is 21.6. The van der Waals surface area contributed by atoms with E-state index in [9.17, 15) is 22.4 Å². The van der Waals surface area contributed by atoms with Gasteiger partial charge in [0.05, 0.1) is 12.2 Å². The van der Waals surface area contributed by atoms with Crippen LogP contribution in [0.15, 0.2) is 48.6 Å². The summed E-state index contributed by atoms with van der Waals surface area (Å²) >= 11 is 0. The van der Waals surface area contributed by atoms with Crippen LogP contribution in [0.4, 0.5) is 26.3 Å². The van der Waals surface area contributed by atoms with E-state index in [1.54, 1.807) is 19.1 Å². The Labute approximate surface area is 272 Å². The van der Waals surface area contributed by atoms with Crippen LogP contribution in [0.25, 0.3) is 0 Å². The number of hydrogen-bond donors (Lipinski definition) is 0. The van der Waals surface area contributed by atoms with E-state index < -0.39 is 52.5 Å². The van der Waals surface area contributed by atoms with Gasteiger partial charge in [-0.15, -0.1) is 0 Å². The van der Waals surface area contributed by atoms with E-state index >= 15 is 8.78 Å². The summed E-state index contributed by atoms with van der Waals surface area (Å²) in [5.41, 5.74) is 0.510. The Morgan fingerprint density at radius 3 is 1.77 bits per heavy atom. The summed E-state index contributed by atoms with van der Waals surface area (Å²) in [5, 5.41) is 0. The molecule has 0 amide bonds. The number of aryl methyl sites for hydroxylation is 1. The van der Waals surface area contributed by atoms with Gasteiger partial charge in [0.25, 0.3) is 0 Å². The highest BCUT2D eigenvalue weighted by molar-refractivity contribution is 5.90. The molecular weight excluding hydrogens is 618 g/mol. The fourth-order valence-electron chi connectivity index (χ4n) is 7.11. The smallest absolute Gasteiger partial charge is 0.341 e. The zero-order chi connectivity index (χ0) is 33.7. The number of benzene rings is 3. The van der Waals surface area contributed by atoms with E-state index in [0.29, 0.717) is 75.3 Å². The maximum Gasteiger partial charge on any atom is 0.341 e. The lowest BCUT2D eigenvalue weighted by Crippen LogP contribution is -2.25. The molecule has 3 nitrogen and oxygen atoms in total. The second-order valence-corrected chi connectivity index (χ2v) is 12.5. The van der Waals surface area contributed by atoms with Crippen molar-refractivity contribution in [3.8, 4) is 5.75 Å². The van der Waals surface area contributed by atoms with Gasteiger partial charge in [-0.3, -0.25) is 0 Å². The van der Waals surface area contributed by atoms with Gasteiger partial charge in [0.2, 0.25) is 5.82 Å². The lowest BCUT2D eigenvalue weighted by Gasteiger charge is -2.30. The van der Waals surface area contributed by atoms with Gasteiger partial charge >= 0.3 is 5.97 Å². The molecule has 0 heterocycles. The van der Waals surface area contributed by atoms with Crippen molar-refractivity contribution in [2.45, 2.75) is 102 Å². The molecule has 2 aliphatic carbocycles. The van der Waals surface area contributed by atoms with Crippen LogP contribution in [0.5, 0.6) is 5.75 Å². The van der Waals surface area contributed by atoms with Crippen LogP contribution in [-0.4, -0.2) is 18.7 Å². The second-order valence-electron chi connectivity index (χ2n) is 12.5. The molecule has 0 aliphatic heterocycles. The van der Waals surface area contributed by atoms with Crippen molar-refractivity contribution >= 4 is 5.97 Å². The van der Waals surface area contributed by atoms with Crippen molar-refractivity contribution < 1.29 is 40.6 Å². The van der Waals surface area contributed by atoms with Crippen LogP contribution in [-0.2, 0) is 11.2 Å². The number of carbonyl (C=O) groups is 1. The number of halogens is 6. The summed E-state index contributed by atoms with van der Waals surface area (Å²) in [6, 6.07) is 8.81. The van der Waals surface area contributed by atoms with Crippen LogP contribution in [0.3, 0.4) is 0 Å². The average Bonchev–Trinajstić information content (AvgIpc) is 3.07. The summed E-state index contributed by atoms with van der Waals surface area (Å²) in [6.07, 6.45) is 7.69. The molecule has 0 saturated heterocycles. The Bertz CT molecular complexity index is 1600. The maximum absolute atomic E-state index is 15.3. The largest absolute Gasteiger partial charge is 0.491 e. The third-order valence-electron chi connectivity index (χ3n) is 9.71. The highest BCUT2D eigenvalue weighted by atomic mass is 19.2. The first-order chi connectivity index (χ1) is 22.6. The van der Waals surface area contributed by atoms with Gasteiger partial charge in [-0.2, -0.15) is 4.39 Å². The molecular formula is C38H40F6O3. The van der Waals surface area contributed by atoms with Gasteiger partial charge in [0.1, 0.15) is 6.10 Å². The van der Waals surface area contributed by atoms with Gasteiger partial charge in [-0.25, -0.2) is 26.7 Å². The number of hydrogen-bond acceptors (Lipinski definition) is 3. The van der Waals surface area contributed by atoms with E-state index in [2.05, 4.69) is 0 Å². The van der Waals surface area contributed by atoms with Crippen LogP contribution in [0.2, 0.25) is 0 Å². The average molecular weight is 659 g/mol. The molecule has 252 valence electrons. The molecule has 0 atom stereocenters. The van der Waals surface area contributed by atoms with Gasteiger partial charge < -0.3 is 9.47 Å². The van der Waals surface area contributed by atoms with E-state index in [1.165, 1.54) is 24.3 Å². The summed E-state index contributed by atoms with van der Waals surface area (Å²) in [6.45, 7) is 3.76. The van der Waals surface area contributed by atoms with E-state index in [4.69, 9.17) is 9.47 Å². The Hall–Kier alpha value is -3.75. The molecule has 2 fully saturated rings. The molecule has 9 heteroatoms. The predicted molar refractivity (Wildman–Crippen MR) is 168 cm³/mol. The molecule has 47 heavy (non-hydrogen) atoms. The first-order valence-corrected chi connectivity index (χ1v) is 16.5. The molecule has 0 unspecified atom stereocenters. The van der Waals surface area contributed by atoms with Gasteiger partial charge in [-0.1, -0.05) is 36.4 Å². The topological polar surface area (TPSA) is 35.5 Å². The summed E-state index contributed by atoms with van der Waals surface area (Å²) < 4.78 is 99.9. The van der Waals surface area contributed by atoms with Crippen molar-refractivity contribution in [1.82, 2.24) is 0 Å². The molecule has 5 rings (SSSR count). The summed E-state index contributed by atoms with van der Waals surface area (Å²) in [4.78, 5) is 12.9. The van der Waals surface area contributed by atoms with E-state index in [-0.39, 0.29) is 41.2 Å². The molecule has 0 aromatic heterocycles. The molecule has 3 aromatic rings. The fourth-order valence-corrected chi connectivity index (χ4v) is 7.11. The zero-order valence-electron chi connectivity index (χ0n) is 26.7. The number of ether oxygens (including phenoxy) is 2. The molecule has 0 N–H and O–H groups in total. The minimum Gasteiger partial charge on any atom is -0.491 e. The van der Waals surface area contributed by atoms with Gasteiger partial charge in [-0.05, 0) is 130 Å². The Morgan fingerprint density at radius 1 is 0.681 bits per heavy atom. The van der Waals surface area contributed by atoms with E-state index in [1.807, 2.05) is 19.1 Å². The standard InChI is InChI=1S/C38H40F6O3/c1-3-5-6-7-25-14-17-27(33(40)32(25)39)24-12-15-26(16-13-24)47-38(45)30-19-18-28(34(41)36(30)43)22-8-10-23(11-9-22)29-20-21-31(46-4-2)37(44)35(29)42/h3,5,14,17-24,26H,4,6-13,15-16H2,1-2H3. The van der Waals surface area contributed by atoms with E-state index in [0.717, 1.165) is 0 Å². The Morgan fingerprint density at radius 2 is 1.19 bits per heavy atom. The van der Waals surface area contributed by atoms with Crippen LogP contribution >= 0.6 is 0 Å². The second kappa shape index (κ2) is 15.4.